The third kappa shape index (κ3) is 4.10. The minimum atomic E-state index is -0.933. The Labute approximate surface area is 88.9 Å². The number of carbonyl (C=O) groups is 1. The number of rotatable bonds is 2. The summed E-state index contributed by atoms with van der Waals surface area (Å²) in [6.07, 6.45) is 0. The summed E-state index contributed by atoms with van der Waals surface area (Å²) in [6, 6.07) is 8.53. The molecule has 0 bridgehead atoms. The lowest BCUT2D eigenvalue weighted by molar-refractivity contribution is -0.141. The van der Waals surface area contributed by atoms with Gasteiger partial charge in [-0.15, -0.1) is 0 Å². The number of hydrogen-bond acceptors (Lipinski definition) is 3. The monoisotopic (exact) mass is 209 g/mol. The smallest absolute Gasteiger partial charge is 0.329 e. The van der Waals surface area contributed by atoms with Crippen molar-refractivity contribution >= 4 is 5.97 Å². The summed E-state index contributed by atoms with van der Waals surface area (Å²) in [7, 11) is 1.34. The lowest BCUT2D eigenvalue weighted by atomic mass is 10.1. The Morgan fingerprint density at radius 3 is 2.27 bits per heavy atom. The number of aliphatic carboxylic acids is 1. The second kappa shape index (κ2) is 6.16. The van der Waals surface area contributed by atoms with Gasteiger partial charge in [-0.25, -0.2) is 4.79 Å². The molecule has 1 heterocycles. The highest BCUT2D eigenvalue weighted by Gasteiger charge is 2.06. The van der Waals surface area contributed by atoms with Gasteiger partial charge in [-0.1, -0.05) is 24.3 Å². The van der Waals surface area contributed by atoms with Gasteiger partial charge in [0.25, 0.3) is 0 Å². The molecule has 2 N–H and O–H groups in total. The molecule has 0 unspecified atom stereocenters. The van der Waals surface area contributed by atoms with Crippen LogP contribution < -0.4 is 5.32 Å². The van der Waals surface area contributed by atoms with Crippen LogP contribution in [0.4, 0.5) is 0 Å². The van der Waals surface area contributed by atoms with Gasteiger partial charge >= 0.3 is 5.97 Å². The molecule has 15 heavy (non-hydrogen) atoms. The van der Waals surface area contributed by atoms with Crippen LogP contribution in [0.2, 0.25) is 0 Å². The van der Waals surface area contributed by atoms with Crippen LogP contribution in [-0.4, -0.2) is 24.8 Å². The molecule has 4 heteroatoms. The van der Waals surface area contributed by atoms with Crippen LogP contribution in [0, 0.1) is 0 Å². The largest absolute Gasteiger partial charge is 0.480 e. The van der Waals surface area contributed by atoms with Gasteiger partial charge in [0.2, 0.25) is 0 Å². The van der Waals surface area contributed by atoms with Crippen molar-refractivity contribution in [1.29, 1.82) is 0 Å². The number of benzene rings is 1. The highest BCUT2D eigenvalue weighted by Crippen LogP contribution is 2.12. The Balaban J connectivity index is 0.000000167. The lowest BCUT2D eigenvalue weighted by Gasteiger charge is -1.91. The summed E-state index contributed by atoms with van der Waals surface area (Å²) < 4.78 is 4.20. The first-order chi connectivity index (χ1) is 7.24. The molecule has 0 amide bonds. The number of methoxy groups -OCH3 is 1. The molecule has 4 nitrogen and oxygen atoms in total. The number of nitrogens with one attached hydrogen (secondary N) is 1. The zero-order valence-electron chi connectivity index (χ0n) is 8.69. The number of fused-ring (bicyclic) bond motifs is 1. The highest BCUT2D eigenvalue weighted by molar-refractivity contribution is 5.67. The van der Waals surface area contributed by atoms with Gasteiger partial charge in [0.15, 0.2) is 0 Å². The van der Waals surface area contributed by atoms with E-state index < -0.39 is 5.97 Å². The SMILES string of the molecule is COCC(=O)O.c1ccc2c(c1)CNC2. The van der Waals surface area contributed by atoms with Crippen molar-refractivity contribution in [3.05, 3.63) is 35.4 Å². The minimum Gasteiger partial charge on any atom is -0.480 e. The maximum absolute atomic E-state index is 9.47. The van der Waals surface area contributed by atoms with Crippen LogP contribution in [-0.2, 0) is 22.6 Å². The van der Waals surface area contributed by atoms with Crippen molar-refractivity contribution in [2.24, 2.45) is 0 Å². The Bertz CT molecular complexity index is 302. The van der Waals surface area contributed by atoms with Crippen LogP contribution in [0.5, 0.6) is 0 Å². The molecule has 1 aromatic carbocycles. The standard InChI is InChI=1S/C8H9N.C3H6O3/c1-2-4-8-6-9-5-7(8)3-1;1-6-2-3(4)5/h1-4,9H,5-6H2;2H2,1H3,(H,4,5). The summed E-state index contributed by atoms with van der Waals surface area (Å²) in [6.45, 7) is 1.90. The van der Waals surface area contributed by atoms with E-state index in [4.69, 9.17) is 5.11 Å². The highest BCUT2D eigenvalue weighted by atomic mass is 16.5. The zero-order chi connectivity index (χ0) is 11.1. The number of ether oxygens (including phenoxy) is 1. The number of carboxylic acids is 1. The molecule has 0 fully saturated rings. The quantitative estimate of drug-likeness (QED) is 0.763. The molecular formula is C11H15NO3. The van der Waals surface area contributed by atoms with Crippen LogP contribution >= 0.6 is 0 Å². The molecule has 1 aromatic rings. The fourth-order valence-electron chi connectivity index (χ4n) is 1.36. The summed E-state index contributed by atoms with van der Waals surface area (Å²) in [5, 5.41) is 11.1. The molecule has 1 aliphatic rings. The normalized spacial score (nSPS) is 12.6. The molecule has 0 atom stereocenters. The topological polar surface area (TPSA) is 58.6 Å². The van der Waals surface area contributed by atoms with E-state index in [-0.39, 0.29) is 6.61 Å². The van der Waals surface area contributed by atoms with E-state index in [1.807, 2.05) is 0 Å². The van der Waals surface area contributed by atoms with E-state index in [0.29, 0.717) is 0 Å². The summed E-state index contributed by atoms with van der Waals surface area (Å²) in [5.41, 5.74) is 2.91. The molecule has 2 rings (SSSR count). The Kier molecular flexibility index (Phi) is 4.80. The molecule has 0 spiro atoms. The molecule has 0 aromatic heterocycles. The fourth-order valence-corrected chi connectivity index (χ4v) is 1.36. The first-order valence-corrected chi connectivity index (χ1v) is 4.72. The van der Waals surface area contributed by atoms with Crippen molar-refractivity contribution in [1.82, 2.24) is 5.32 Å². The zero-order valence-corrected chi connectivity index (χ0v) is 8.69. The van der Waals surface area contributed by atoms with Gasteiger partial charge in [0, 0.05) is 20.2 Å². The Morgan fingerprint density at radius 1 is 1.40 bits per heavy atom. The van der Waals surface area contributed by atoms with E-state index >= 15 is 0 Å². The van der Waals surface area contributed by atoms with Crippen LogP contribution in [0.15, 0.2) is 24.3 Å². The lowest BCUT2D eigenvalue weighted by Crippen LogP contribution is -2.02. The second-order valence-electron chi connectivity index (χ2n) is 3.20. The first kappa shape index (κ1) is 11.7. The first-order valence-electron chi connectivity index (χ1n) is 4.72. The van der Waals surface area contributed by atoms with Crippen LogP contribution in [0.25, 0.3) is 0 Å². The van der Waals surface area contributed by atoms with Crippen LogP contribution in [0.1, 0.15) is 11.1 Å². The van der Waals surface area contributed by atoms with Crippen molar-refractivity contribution < 1.29 is 14.6 Å². The average molecular weight is 209 g/mol. The molecule has 0 saturated heterocycles. The molecule has 0 saturated carbocycles. The van der Waals surface area contributed by atoms with Crippen LogP contribution in [0.3, 0.4) is 0 Å². The third-order valence-corrected chi connectivity index (χ3v) is 2.02. The van der Waals surface area contributed by atoms with E-state index in [0.717, 1.165) is 13.1 Å². The van der Waals surface area contributed by atoms with E-state index in [1.165, 1.54) is 18.2 Å². The maximum Gasteiger partial charge on any atom is 0.329 e. The van der Waals surface area contributed by atoms with E-state index in [9.17, 15) is 4.79 Å². The van der Waals surface area contributed by atoms with Gasteiger partial charge in [-0.05, 0) is 11.1 Å². The van der Waals surface area contributed by atoms with Crippen molar-refractivity contribution in [2.75, 3.05) is 13.7 Å². The molecule has 82 valence electrons. The number of hydrogen-bond donors (Lipinski definition) is 2. The predicted molar refractivity (Wildman–Crippen MR) is 56.5 cm³/mol. The molecule has 0 radical (unpaired) electrons. The van der Waals surface area contributed by atoms with Gasteiger partial charge in [-0.3, -0.25) is 0 Å². The Hall–Kier alpha value is -1.39. The summed E-state index contributed by atoms with van der Waals surface area (Å²) in [5.74, 6) is -0.933. The van der Waals surface area contributed by atoms with Gasteiger partial charge in [0.1, 0.15) is 6.61 Å². The predicted octanol–water partition coefficient (Wildman–Crippen LogP) is 1.01. The molecule has 0 aliphatic carbocycles. The Morgan fingerprint density at radius 2 is 1.93 bits per heavy atom. The summed E-state index contributed by atoms with van der Waals surface area (Å²) in [4.78, 5) is 9.47. The van der Waals surface area contributed by atoms with Gasteiger partial charge in [0.05, 0.1) is 0 Å². The minimum absolute atomic E-state index is 0.208. The molecule has 1 aliphatic heterocycles. The average Bonchev–Trinajstić information content (AvgIpc) is 2.65. The fraction of sp³-hybridized carbons (Fsp3) is 0.364. The molecular weight excluding hydrogens is 194 g/mol. The van der Waals surface area contributed by atoms with Crippen molar-refractivity contribution in [2.45, 2.75) is 13.1 Å². The second-order valence-corrected chi connectivity index (χ2v) is 3.20. The van der Waals surface area contributed by atoms with Crippen molar-refractivity contribution in [3.8, 4) is 0 Å². The number of carboxylic acid groups (broad SMARTS) is 1. The van der Waals surface area contributed by atoms with Gasteiger partial charge < -0.3 is 15.2 Å². The van der Waals surface area contributed by atoms with Gasteiger partial charge in [-0.2, -0.15) is 0 Å². The third-order valence-electron chi connectivity index (χ3n) is 2.02. The van der Waals surface area contributed by atoms with Crippen molar-refractivity contribution in [3.63, 3.8) is 0 Å². The van der Waals surface area contributed by atoms with E-state index in [1.54, 1.807) is 0 Å². The summed E-state index contributed by atoms with van der Waals surface area (Å²) >= 11 is 0. The maximum atomic E-state index is 9.47. The van der Waals surface area contributed by atoms with E-state index in [2.05, 4.69) is 34.3 Å².